The monoisotopic (exact) mass is 290 g/mol. The second kappa shape index (κ2) is 7.54. The number of alkyl halides is 1. The number of halogens is 1. The summed E-state index contributed by atoms with van der Waals surface area (Å²) in [7, 11) is 0. The van der Waals surface area contributed by atoms with Crippen LogP contribution in [-0.4, -0.2) is 5.88 Å². The Labute approximate surface area is 127 Å². The summed E-state index contributed by atoms with van der Waals surface area (Å²) in [5, 5.41) is 0. The molecule has 0 saturated carbocycles. The summed E-state index contributed by atoms with van der Waals surface area (Å²) < 4.78 is 6.19. The summed E-state index contributed by atoms with van der Waals surface area (Å²) in [6, 6.07) is 10.4. The number of furan rings is 1. The molecular weight excluding hydrogens is 268 g/mol. The van der Waals surface area contributed by atoms with Crippen LogP contribution in [0.25, 0.3) is 11.3 Å². The summed E-state index contributed by atoms with van der Waals surface area (Å²) in [5.41, 5.74) is 3.96. The van der Waals surface area contributed by atoms with Gasteiger partial charge in [-0.15, -0.1) is 11.6 Å². The van der Waals surface area contributed by atoms with Gasteiger partial charge < -0.3 is 4.42 Å². The minimum Gasteiger partial charge on any atom is -0.460 e. The van der Waals surface area contributed by atoms with Crippen LogP contribution in [0, 0.1) is 0 Å². The molecule has 0 amide bonds. The van der Waals surface area contributed by atoms with Gasteiger partial charge in [-0.3, -0.25) is 0 Å². The van der Waals surface area contributed by atoms with E-state index in [1.807, 2.05) is 6.07 Å². The van der Waals surface area contributed by atoms with Crippen LogP contribution in [-0.2, 0) is 19.3 Å². The van der Waals surface area contributed by atoms with Crippen molar-refractivity contribution in [1.82, 2.24) is 0 Å². The molecule has 0 saturated heterocycles. The largest absolute Gasteiger partial charge is 0.460 e. The molecule has 0 spiro atoms. The highest BCUT2D eigenvalue weighted by Crippen LogP contribution is 2.34. The molecule has 0 atom stereocenters. The van der Waals surface area contributed by atoms with Crippen molar-refractivity contribution in [2.24, 2.45) is 0 Å². The molecule has 2 heteroatoms. The molecule has 1 aromatic carbocycles. The molecule has 20 heavy (non-hydrogen) atoms. The van der Waals surface area contributed by atoms with Crippen molar-refractivity contribution in [3.8, 4) is 11.3 Å². The van der Waals surface area contributed by atoms with Crippen LogP contribution in [0.3, 0.4) is 0 Å². The van der Waals surface area contributed by atoms with Crippen molar-refractivity contribution in [1.29, 1.82) is 0 Å². The van der Waals surface area contributed by atoms with Gasteiger partial charge in [0, 0.05) is 23.4 Å². The smallest absolute Gasteiger partial charge is 0.137 e. The number of benzene rings is 1. The molecule has 0 radical (unpaired) electrons. The highest BCUT2D eigenvalue weighted by Gasteiger charge is 2.19. The zero-order valence-corrected chi connectivity index (χ0v) is 13.2. The molecule has 0 aliphatic carbocycles. The van der Waals surface area contributed by atoms with Crippen molar-refractivity contribution >= 4 is 11.6 Å². The Morgan fingerprint density at radius 2 is 1.55 bits per heavy atom. The van der Waals surface area contributed by atoms with Gasteiger partial charge in [0.05, 0.1) is 0 Å². The zero-order chi connectivity index (χ0) is 14.4. The summed E-state index contributed by atoms with van der Waals surface area (Å²) in [6.45, 7) is 4.44. The third-order valence-corrected chi connectivity index (χ3v) is 3.75. The van der Waals surface area contributed by atoms with E-state index in [-0.39, 0.29) is 0 Å². The molecule has 0 fully saturated rings. The highest BCUT2D eigenvalue weighted by atomic mass is 35.5. The van der Waals surface area contributed by atoms with E-state index < -0.39 is 0 Å². The van der Waals surface area contributed by atoms with Crippen molar-refractivity contribution in [3.05, 3.63) is 47.2 Å². The van der Waals surface area contributed by atoms with Gasteiger partial charge in [-0.2, -0.15) is 0 Å². The van der Waals surface area contributed by atoms with Crippen LogP contribution < -0.4 is 0 Å². The Balaban J connectivity index is 2.51. The minimum atomic E-state index is 0.615. The zero-order valence-electron chi connectivity index (χ0n) is 12.4. The van der Waals surface area contributed by atoms with Crippen molar-refractivity contribution in [2.45, 2.75) is 46.0 Å². The normalized spacial score (nSPS) is 10.9. The van der Waals surface area contributed by atoms with Gasteiger partial charge >= 0.3 is 0 Å². The van der Waals surface area contributed by atoms with Crippen LogP contribution in [0.1, 0.15) is 43.6 Å². The van der Waals surface area contributed by atoms with Crippen LogP contribution in [0.2, 0.25) is 0 Å². The average Bonchev–Trinajstić information content (AvgIpc) is 2.80. The predicted octanol–water partition coefficient (Wildman–Crippen LogP) is 5.63. The van der Waals surface area contributed by atoms with E-state index in [4.69, 9.17) is 16.0 Å². The maximum absolute atomic E-state index is 6.19. The molecule has 0 unspecified atom stereocenters. The lowest BCUT2D eigenvalue weighted by Crippen LogP contribution is -1.95. The first-order valence-electron chi connectivity index (χ1n) is 7.56. The summed E-state index contributed by atoms with van der Waals surface area (Å²) >= 11 is 5.93. The standard InChI is InChI=1S/C18H23ClO/c1-3-8-15-16(9-4-2)18(20-17(15)12-13-19)14-10-6-5-7-11-14/h5-7,10-11H,3-4,8-9,12-13H2,1-2H3. The van der Waals surface area contributed by atoms with Gasteiger partial charge in [-0.1, -0.05) is 57.0 Å². The number of hydrogen-bond acceptors (Lipinski definition) is 1. The predicted molar refractivity (Wildman–Crippen MR) is 86.6 cm³/mol. The van der Waals surface area contributed by atoms with E-state index in [2.05, 4.69) is 38.1 Å². The molecule has 0 N–H and O–H groups in total. The first-order chi connectivity index (χ1) is 9.81. The summed E-state index contributed by atoms with van der Waals surface area (Å²) in [6.07, 6.45) is 5.25. The fourth-order valence-electron chi connectivity index (χ4n) is 2.72. The third kappa shape index (κ3) is 3.27. The maximum atomic E-state index is 6.19. The first kappa shape index (κ1) is 15.2. The minimum absolute atomic E-state index is 0.615. The fraction of sp³-hybridized carbons (Fsp3) is 0.444. The average molecular weight is 291 g/mol. The van der Waals surface area contributed by atoms with Crippen LogP contribution in [0.5, 0.6) is 0 Å². The van der Waals surface area contributed by atoms with E-state index in [0.29, 0.717) is 5.88 Å². The van der Waals surface area contributed by atoms with Crippen molar-refractivity contribution in [3.63, 3.8) is 0 Å². The first-order valence-corrected chi connectivity index (χ1v) is 8.10. The molecule has 1 nitrogen and oxygen atoms in total. The summed E-state index contributed by atoms with van der Waals surface area (Å²) in [5.74, 6) is 2.75. The molecule has 2 rings (SSSR count). The van der Waals surface area contributed by atoms with E-state index in [0.717, 1.165) is 43.6 Å². The van der Waals surface area contributed by atoms with E-state index in [9.17, 15) is 0 Å². The van der Waals surface area contributed by atoms with Crippen molar-refractivity contribution in [2.75, 3.05) is 5.88 Å². The quantitative estimate of drug-likeness (QED) is 0.602. The van der Waals surface area contributed by atoms with Gasteiger partial charge in [0.15, 0.2) is 0 Å². The molecule has 108 valence electrons. The Hall–Kier alpha value is -1.21. The number of hydrogen-bond donors (Lipinski definition) is 0. The number of rotatable bonds is 7. The highest BCUT2D eigenvalue weighted by molar-refractivity contribution is 6.17. The SMILES string of the molecule is CCCc1c(CCCl)oc(-c2ccccc2)c1CCC. The van der Waals surface area contributed by atoms with Crippen molar-refractivity contribution < 1.29 is 4.42 Å². The summed E-state index contributed by atoms with van der Waals surface area (Å²) in [4.78, 5) is 0. The molecular formula is C18H23ClO. The molecule has 1 heterocycles. The van der Waals surface area contributed by atoms with E-state index in [1.54, 1.807) is 0 Å². The lowest BCUT2D eigenvalue weighted by atomic mass is 9.97. The molecule has 1 aromatic heterocycles. The lowest BCUT2D eigenvalue weighted by molar-refractivity contribution is 0.523. The fourth-order valence-corrected chi connectivity index (χ4v) is 2.89. The van der Waals surface area contributed by atoms with E-state index >= 15 is 0 Å². The topological polar surface area (TPSA) is 13.1 Å². The van der Waals surface area contributed by atoms with Crippen LogP contribution >= 0.6 is 11.6 Å². The Bertz CT molecular complexity index is 528. The second-order valence-corrected chi connectivity index (χ2v) is 5.49. The molecule has 0 aliphatic rings. The Morgan fingerprint density at radius 1 is 0.900 bits per heavy atom. The van der Waals surface area contributed by atoms with Gasteiger partial charge in [0.25, 0.3) is 0 Å². The lowest BCUT2D eigenvalue weighted by Gasteiger charge is -2.04. The Morgan fingerprint density at radius 3 is 2.15 bits per heavy atom. The van der Waals surface area contributed by atoms with Crippen LogP contribution in [0.4, 0.5) is 0 Å². The van der Waals surface area contributed by atoms with Gasteiger partial charge in [0.1, 0.15) is 11.5 Å². The van der Waals surface area contributed by atoms with Gasteiger partial charge in [-0.25, -0.2) is 0 Å². The van der Waals surface area contributed by atoms with Crippen LogP contribution in [0.15, 0.2) is 34.7 Å². The molecule has 0 aliphatic heterocycles. The number of aryl methyl sites for hydroxylation is 1. The Kier molecular flexibility index (Phi) is 5.72. The second-order valence-electron chi connectivity index (χ2n) is 5.12. The van der Waals surface area contributed by atoms with Gasteiger partial charge in [0.2, 0.25) is 0 Å². The third-order valence-electron chi connectivity index (χ3n) is 3.56. The van der Waals surface area contributed by atoms with Gasteiger partial charge in [-0.05, 0) is 18.4 Å². The maximum Gasteiger partial charge on any atom is 0.137 e. The molecule has 2 aromatic rings. The van der Waals surface area contributed by atoms with E-state index in [1.165, 1.54) is 16.7 Å². The molecule has 0 bridgehead atoms.